The molecule has 0 radical (unpaired) electrons. The summed E-state index contributed by atoms with van der Waals surface area (Å²) in [6.45, 7) is 0.614. The lowest BCUT2D eigenvalue weighted by Crippen LogP contribution is -2.14. The zero-order chi connectivity index (χ0) is 18.2. The Labute approximate surface area is 157 Å². The van der Waals surface area contributed by atoms with Crippen LogP contribution in [-0.2, 0) is 17.6 Å². The summed E-state index contributed by atoms with van der Waals surface area (Å²) < 4.78 is 5.97. The lowest BCUT2D eigenvalue weighted by molar-refractivity contribution is -0.138. The molecule has 3 aromatic rings. The van der Waals surface area contributed by atoms with Crippen molar-refractivity contribution in [3.8, 4) is 5.75 Å². The number of benzene rings is 2. The molecule has 0 aliphatic carbocycles. The van der Waals surface area contributed by atoms with Crippen molar-refractivity contribution in [3.63, 3.8) is 0 Å². The molecule has 1 heterocycles. The number of hydrogen-bond donors (Lipinski definition) is 1. The molecular weight excluding hydrogens is 344 g/mol. The van der Waals surface area contributed by atoms with Gasteiger partial charge in [0, 0.05) is 4.88 Å². The van der Waals surface area contributed by atoms with Gasteiger partial charge >= 0.3 is 5.97 Å². The summed E-state index contributed by atoms with van der Waals surface area (Å²) in [5.41, 5.74) is 2.24. The standard InChI is InChI=1S/C22H22O3S/c23-22(24)19(21-13-7-15-26-21)16-18-11-4-5-12-20(18)25-14-6-10-17-8-2-1-3-9-17/h1-5,7-9,11-13,15,19H,6,10,14,16H2,(H,23,24). The number of ether oxygens (including phenoxy) is 1. The molecule has 0 aliphatic heterocycles. The first-order valence-corrected chi connectivity index (χ1v) is 9.63. The SMILES string of the molecule is O=C(O)C(Cc1ccccc1OCCCc1ccccc1)c1cccs1. The largest absolute Gasteiger partial charge is 0.493 e. The van der Waals surface area contributed by atoms with E-state index in [0.717, 1.165) is 29.0 Å². The Morgan fingerprint density at radius 2 is 1.77 bits per heavy atom. The summed E-state index contributed by atoms with van der Waals surface area (Å²) >= 11 is 1.48. The third kappa shape index (κ3) is 4.96. The van der Waals surface area contributed by atoms with Crippen molar-refractivity contribution in [2.24, 2.45) is 0 Å². The summed E-state index contributed by atoms with van der Waals surface area (Å²) in [5.74, 6) is -0.557. The van der Waals surface area contributed by atoms with Crippen LogP contribution in [0.25, 0.3) is 0 Å². The van der Waals surface area contributed by atoms with E-state index >= 15 is 0 Å². The average molecular weight is 366 g/mol. The molecule has 134 valence electrons. The summed E-state index contributed by atoms with van der Waals surface area (Å²) in [6, 6.07) is 21.8. The van der Waals surface area contributed by atoms with Crippen molar-refractivity contribution in [2.75, 3.05) is 6.61 Å². The van der Waals surface area contributed by atoms with E-state index in [1.807, 2.05) is 60.0 Å². The highest BCUT2D eigenvalue weighted by Gasteiger charge is 2.22. The second-order valence-electron chi connectivity index (χ2n) is 6.16. The van der Waals surface area contributed by atoms with E-state index < -0.39 is 11.9 Å². The molecule has 1 N–H and O–H groups in total. The van der Waals surface area contributed by atoms with Crippen molar-refractivity contribution in [2.45, 2.75) is 25.2 Å². The fraction of sp³-hybridized carbons (Fsp3) is 0.227. The lowest BCUT2D eigenvalue weighted by Gasteiger charge is -2.15. The van der Waals surface area contributed by atoms with E-state index in [4.69, 9.17) is 4.74 Å². The van der Waals surface area contributed by atoms with Crippen LogP contribution >= 0.6 is 11.3 Å². The molecule has 3 rings (SSSR count). The highest BCUT2D eigenvalue weighted by molar-refractivity contribution is 7.10. The molecule has 0 fully saturated rings. The minimum absolute atomic E-state index is 0.435. The van der Waals surface area contributed by atoms with Crippen molar-refractivity contribution >= 4 is 17.3 Å². The van der Waals surface area contributed by atoms with E-state index in [2.05, 4.69) is 12.1 Å². The van der Waals surface area contributed by atoms with Crippen molar-refractivity contribution < 1.29 is 14.6 Å². The maximum atomic E-state index is 11.7. The number of rotatable bonds is 9. The summed E-state index contributed by atoms with van der Waals surface area (Å²) in [7, 11) is 0. The summed E-state index contributed by atoms with van der Waals surface area (Å²) in [5, 5.41) is 11.5. The van der Waals surface area contributed by atoms with Crippen LogP contribution < -0.4 is 4.74 Å². The third-order valence-electron chi connectivity index (χ3n) is 4.29. The fourth-order valence-electron chi connectivity index (χ4n) is 2.94. The number of hydrogen-bond acceptors (Lipinski definition) is 3. The molecule has 2 aromatic carbocycles. The van der Waals surface area contributed by atoms with Crippen LogP contribution in [0.4, 0.5) is 0 Å². The highest BCUT2D eigenvalue weighted by atomic mass is 32.1. The van der Waals surface area contributed by atoms with Gasteiger partial charge in [0.05, 0.1) is 12.5 Å². The molecule has 1 atom stereocenters. The van der Waals surface area contributed by atoms with Crippen LogP contribution in [-0.4, -0.2) is 17.7 Å². The van der Waals surface area contributed by atoms with Gasteiger partial charge in [-0.15, -0.1) is 11.3 Å². The Morgan fingerprint density at radius 3 is 2.50 bits per heavy atom. The number of para-hydroxylation sites is 1. The molecule has 0 aliphatic rings. The van der Waals surface area contributed by atoms with Gasteiger partial charge in [-0.05, 0) is 47.9 Å². The van der Waals surface area contributed by atoms with Gasteiger partial charge in [0.2, 0.25) is 0 Å². The molecule has 0 amide bonds. The number of aliphatic carboxylic acids is 1. The number of thiophene rings is 1. The Hall–Kier alpha value is -2.59. The molecule has 3 nitrogen and oxygen atoms in total. The second kappa shape index (κ2) is 9.20. The monoisotopic (exact) mass is 366 g/mol. The zero-order valence-corrected chi connectivity index (χ0v) is 15.3. The second-order valence-corrected chi connectivity index (χ2v) is 7.13. The van der Waals surface area contributed by atoms with Crippen molar-refractivity contribution in [1.29, 1.82) is 0 Å². The Kier molecular flexibility index (Phi) is 6.45. The van der Waals surface area contributed by atoms with Gasteiger partial charge in [0.25, 0.3) is 0 Å². The van der Waals surface area contributed by atoms with Crippen LogP contribution in [0.3, 0.4) is 0 Å². The molecule has 4 heteroatoms. The lowest BCUT2D eigenvalue weighted by atomic mass is 9.97. The molecule has 1 aromatic heterocycles. The van der Waals surface area contributed by atoms with Gasteiger partial charge in [-0.25, -0.2) is 0 Å². The van der Waals surface area contributed by atoms with E-state index in [-0.39, 0.29) is 0 Å². The fourth-order valence-corrected chi connectivity index (χ4v) is 3.76. The Bertz CT molecular complexity index is 812. The van der Waals surface area contributed by atoms with Gasteiger partial charge < -0.3 is 9.84 Å². The molecule has 0 saturated carbocycles. The van der Waals surface area contributed by atoms with Gasteiger partial charge in [-0.3, -0.25) is 4.79 Å². The first kappa shape index (κ1) is 18.2. The topological polar surface area (TPSA) is 46.5 Å². The normalized spacial score (nSPS) is 11.8. The predicted molar refractivity (Wildman–Crippen MR) is 105 cm³/mol. The van der Waals surface area contributed by atoms with Crippen LogP contribution in [0, 0.1) is 0 Å². The molecule has 0 saturated heterocycles. The van der Waals surface area contributed by atoms with Gasteiger partial charge in [0.1, 0.15) is 5.75 Å². The van der Waals surface area contributed by atoms with Crippen LogP contribution in [0.15, 0.2) is 72.1 Å². The van der Waals surface area contributed by atoms with E-state index in [0.29, 0.717) is 13.0 Å². The Balaban J connectivity index is 1.61. The summed E-state index contributed by atoms with van der Waals surface area (Å²) in [6.07, 6.45) is 2.33. The van der Waals surface area contributed by atoms with Crippen LogP contribution in [0.5, 0.6) is 5.75 Å². The Morgan fingerprint density at radius 1 is 1.00 bits per heavy atom. The molecule has 1 unspecified atom stereocenters. The first-order chi connectivity index (χ1) is 12.7. The van der Waals surface area contributed by atoms with E-state index in [1.165, 1.54) is 16.9 Å². The summed E-state index contributed by atoms with van der Waals surface area (Å²) in [4.78, 5) is 12.6. The number of carbonyl (C=O) groups is 1. The van der Waals surface area contributed by atoms with E-state index in [9.17, 15) is 9.90 Å². The van der Waals surface area contributed by atoms with E-state index in [1.54, 1.807) is 0 Å². The quantitative estimate of drug-likeness (QED) is 0.531. The predicted octanol–water partition coefficient (Wildman–Crippen LogP) is 5.17. The van der Waals surface area contributed by atoms with Gasteiger partial charge in [-0.2, -0.15) is 0 Å². The minimum atomic E-state index is -0.800. The zero-order valence-electron chi connectivity index (χ0n) is 14.5. The van der Waals surface area contributed by atoms with Crippen LogP contribution in [0.1, 0.15) is 28.3 Å². The molecule has 0 bridgehead atoms. The third-order valence-corrected chi connectivity index (χ3v) is 5.28. The molecule has 26 heavy (non-hydrogen) atoms. The molecule has 0 spiro atoms. The van der Waals surface area contributed by atoms with Crippen molar-refractivity contribution in [3.05, 3.63) is 88.1 Å². The maximum absolute atomic E-state index is 11.7. The van der Waals surface area contributed by atoms with Crippen LogP contribution in [0.2, 0.25) is 0 Å². The minimum Gasteiger partial charge on any atom is -0.493 e. The number of carboxylic acids is 1. The number of aryl methyl sites for hydroxylation is 1. The smallest absolute Gasteiger partial charge is 0.312 e. The molecular formula is C22H22O3S. The maximum Gasteiger partial charge on any atom is 0.312 e. The average Bonchev–Trinajstić information content (AvgIpc) is 3.19. The first-order valence-electron chi connectivity index (χ1n) is 8.75. The van der Waals surface area contributed by atoms with Gasteiger partial charge in [0.15, 0.2) is 0 Å². The van der Waals surface area contributed by atoms with Gasteiger partial charge in [-0.1, -0.05) is 54.6 Å². The highest BCUT2D eigenvalue weighted by Crippen LogP contribution is 2.29. The number of carboxylic acid groups (broad SMARTS) is 1. The van der Waals surface area contributed by atoms with Crippen molar-refractivity contribution in [1.82, 2.24) is 0 Å².